The highest BCUT2D eigenvalue weighted by atomic mass is 32.2. The lowest BCUT2D eigenvalue weighted by atomic mass is 10.2. The zero-order valence-electron chi connectivity index (χ0n) is 16.7. The van der Waals surface area contributed by atoms with E-state index in [0.29, 0.717) is 19.0 Å². The molecule has 1 N–H and O–H groups in total. The van der Waals surface area contributed by atoms with Gasteiger partial charge in [-0.2, -0.15) is 5.10 Å². The van der Waals surface area contributed by atoms with Crippen LogP contribution in [0.2, 0.25) is 0 Å². The standard InChI is InChI=1S/C21H22N4O3S2/c1-15-6-3-4-9-19(15)28-11-10-27-18-8-5-7-17(12-18)13-22-24-20(26)14-29-21-25-23-16(2)30-21/h3-9,12-13H,10-11,14H2,1-2H3,(H,24,26)/b22-13-. The molecule has 0 radical (unpaired) electrons. The van der Waals surface area contributed by atoms with Gasteiger partial charge in [0.1, 0.15) is 29.7 Å². The van der Waals surface area contributed by atoms with Crippen molar-refractivity contribution in [2.45, 2.75) is 18.2 Å². The van der Waals surface area contributed by atoms with Gasteiger partial charge in [-0.25, -0.2) is 5.43 Å². The van der Waals surface area contributed by atoms with Crippen molar-refractivity contribution in [2.24, 2.45) is 5.10 Å². The summed E-state index contributed by atoms with van der Waals surface area (Å²) < 4.78 is 12.2. The number of hydrazone groups is 1. The van der Waals surface area contributed by atoms with Crippen molar-refractivity contribution in [3.63, 3.8) is 0 Å². The van der Waals surface area contributed by atoms with Gasteiger partial charge in [0.2, 0.25) is 0 Å². The van der Waals surface area contributed by atoms with Crippen molar-refractivity contribution < 1.29 is 14.3 Å². The fourth-order valence-electron chi connectivity index (χ4n) is 2.39. The fourth-order valence-corrected chi connectivity index (χ4v) is 4.00. The van der Waals surface area contributed by atoms with Crippen LogP contribution in [0.15, 0.2) is 58.0 Å². The zero-order chi connectivity index (χ0) is 21.2. The zero-order valence-corrected chi connectivity index (χ0v) is 18.3. The van der Waals surface area contributed by atoms with E-state index in [0.717, 1.165) is 26.2 Å². The van der Waals surface area contributed by atoms with Crippen LogP contribution < -0.4 is 14.9 Å². The Morgan fingerprint density at radius 2 is 1.97 bits per heavy atom. The molecule has 30 heavy (non-hydrogen) atoms. The summed E-state index contributed by atoms with van der Waals surface area (Å²) in [4.78, 5) is 11.9. The number of thioether (sulfide) groups is 1. The van der Waals surface area contributed by atoms with Gasteiger partial charge < -0.3 is 9.47 Å². The quantitative estimate of drug-likeness (QED) is 0.222. The van der Waals surface area contributed by atoms with Gasteiger partial charge in [0.05, 0.1) is 12.0 Å². The van der Waals surface area contributed by atoms with Gasteiger partial charge in [-0.15, -0.1) is 10.2 Å². The molecule has 0 aliphatic rings. The lowest BCUT2D eigenvalue weighted by Crippen LogP contribution is -2.19. The SMILES string of the molecule is Cc1nnc(SCC(=O)N/N=C\c2cccc(OCCOc3ccccc3C)c2)s1. The van der Waals surface area contributed by atoms with Crippen LogP contribution in [0.4, 0.5) is 0 Å². The summed E-state index contributed by atoms with van der Waals surface area (Å²) in [6.45, 7) is 4.76. The molecule has 156 valence electrons. The van der Waals surface area contributed by atoms with E-state index in [1.165, 1.54) is 23.1 Å². The minimum absolute atomic E-state index is 0.204. The predicted molar refractivity (Wildman–Crippen MR) is 120 cm³/mol. The first-order valence-corrected chi connectivity index (χ1v) is 11.1. The maximum atomic E-state index is 11.9. The molecule has 1 aromatic heterocycles. The van der Waals surface area contributed by atoms with Gasteiger partial charge in [-0.05, 0) is 43.2 Å². The number of hydrogen-bond acceptors (Lipinski definition) is 8. The van der Waals surface area contributed by atoms with E-state index in [1.54, 1.807) is 6.21 Å². The Hall–Kier alpha value is -2.91. The highest BCUT2D eigenvalue weighted by molar-refractivity contribution is 8.01. The van der Waals surface area contributed by atoms with Crippen molar-refractivity contribution in [1.29, 1.82) is 0 Å². The Morgan fingerprint density at radius 3 is 2.77 bits per heavy atom. The van der Waals surface area contributed by atoms with Gasteiger partial charge in [0.15, 0.2) is 4.34 Å². The van der Waals surface area contributed by atoms with Crippen LogP contribution in [0.25, 0.3) is 0 Å². The molecular formula is C21H22N4O3S2. The molecule has 1 heterocycles. The Labute approximate surface area is 183 Å². The summed E-state index contributed by atoms with van der Waals surface area (Å²) in [6.07, 6.45) is 1.58. The summed E-state index contributed by atoms with van der Waals surface area (Å²) in [7, 11) is 0. The van der Waals surface area contributed by atoms with E-state index in [2.05, 4.69) is 20.7 Å². The molecule has 0 bridgehead atoms. The van der Waals surface area contributed by atoms with E-state index in [-0.39, 0.29) is 11.7 Å². The van der Waals surface area contributed by atoms with Gasteiger partial charge in [0, 0.05) is 0 Å². The van der Waals surface area contributed by atoms with E-state index in [9.17, 15) is 4.79 Å². The van der Waals surface area contributed by atoms with E-state index in [1.807, 2.05) is 62.4 Å². The molecule has 2 aromatic carbocycles. The number of rotatable bonds is 10. The summed E-state index contributed by atoms with van der Waals surface area (Å²) >= 11 is 2.79. The second-order valence-electron chi connectivity index (χ2n) is 6.20. The molecule has 0 fully saturated rings. The first-order valence-electron chi connectivity index (χ1n) is 9.26. The van der Waals surface area contributed by atoms with Crippen molar-refractivity contribution >= 4 is 35.2 Å². The van der Waals surface area contributed by atoms with Crippen molar-refractivity contribution in [3.05, 3.63) is 64.7 Å². The molecule has 9 heteroatoms. The Bertz CT molecular complexity index is 1010. The largest absolute Gasteiger partial charge is 0.490 e. The van der Waals surface area contributed by atoms with E-state index < -0.39 is 0 Å². The summed E-state index contributed by atoms with van der Waals surface area (Å²) in [5.74, 6) is 1.60. The third-order valence-electron chi connectivity index (χ3n) is 3.80. The first kappa shape index (κ1) is 21.8. The van der Waals surface area contributed by atoms with Crippen LogP contribution >= 0.6 is 23.1 Å². The van der Waals surface area contributed by atoms with E-state index in [4.69, 9.17) is 9.47 Å². The van der Waals surface area contributed by atoms with Crippen LogP contribution in [-0.2, 0) is 4.79 Å². The maximum absolute atomic E-state index is 11.9. The molecule has 3 aromatic rings. The summed E-state index contributed by atoms with van der Waals surface area (Å²) in [6, 6.07) is 15.3. The third-order valence-corrected chi connectivity index (χ3v) is 5.77. The molecule has 3 rings (SSSR count). The van der Waals surface area contributed by atoms with Gasteiger partial charge in [-0.1, -0.05) is 53.4 Å². The number of para-hydroxylation sites is 1. The molecule has 0 spiro atoms. The molecule has 1 amide bonds. The molecule has 7 nitrogen and oxygen atoms in total. The smallest absolute Gasteiger partial charge is 0.250 e. The lowest BCUT2D eigenvalue weighted by molar-refractivity contribution is -0.118. The van der Waals surface area contributed by atoms with Gasteiger partial charge >= 0.3 is 0 Å². The highest BCUT2D eigenvalue weighted by Crippen LogP contribution is 2.21. The average molecular weight is 443 g/mol. The number of aromatic nitrogens is 2. The number of amides is 1. The number of carbonyl (C=O) groups is 1. The number of carbonyl (C=O) groups excluding carboxylic acids is 1. The van der Waals surface area contributed by atoms with Gasteiger partial charge in [0.25, 0.3) is 5.91 Å². The van der Waals surface area contributed by atoms with Crippen LogP contribution in [0.1, 0.15) is 16.1 Å². The van der Waals surface area contributed by atoms with Crippen molar-refractivity contribution in [3.8, 4) is 11.5 Å². The number of benzene rings is 2. The second-order valence-corrected chi connectivity index (χ2v) is 8.61. The van der Waals surface area contributed by atoms with Gasteiger partial charge in [-0.3, -0.25) is 4.79 Å². The number of nitrogens with one attached hydrogen (secondary N) is 1. The van der Waals surface area contributed by atoms with Crippen molar-refractivity contribution in [1.82, 2.24) is 15.6 Å². The minimum atomic E-state index is -0.204. The predicted octanol–water partition coefficient (Wildman–Crippen LogP) is 3.86. The summed E-state index contributed by atoms with van der Waals surface area (Å²) in [5, 5.41) is 12.8. The number of nitrogens with zero attached hydrogens (tertiary/aromatic N) is 3. The molecule has 0 aliphatic carbocycles. The monoisotopic (exact) mass is 442 g/mol. The minimum Gasteiger partial charge on any atom is -0.490 e. The van der Waals surface area contributed by atoms with Crippen LogP contribution in [0, 0.1) is 13.8 Å². The highest BCUT2D eigenvalue weighted by Gasteiger charge is 2.05. The number of hydrogen-bond donors (Lipinski definition) is 1. The van der Waals surface area contributed by atoms with Crippen LogP contribution in [0.3, 0.4) is 0 Å². The number of ether oxygens (including phenoxy) is 2. The maximum Gasteiger partial charge on any atom is 0.250 e. The Kier molecular flexibility index (Phi) is 8.22. The van der Waals surface area contributed by atoms with Crippen molar-refractivity contribution in [2.75, 3.05) is 19.0 Å². The average Bonchev–Trinajstić information content (AvgIpc) is 3.16. The Morgan fingerprint density at radius 1 is 1.13 bits per heavy atom. The molecule has 0 unspecified atom stereocenters. The van der Waals surface area contributed by atoms with Crippen LogP contribution in [0.5, 0.6) is 11.5 Å². The first-order chi connectivity index (χ1) is 14.6. The lowest BCUT2D eigenvalue weighted by Gasteiger charge is -2.10. The fraction of sp³-hybridized carbons (Fsp3) is 0.238. The molecule has 0 saturated heterocycles. The topological polar surface area (TPSA) is 85.7 Å². The van der Waals surface area contributed by atoms with E-state index >= 15 is 0 Å². The molecule has 0 aliphatic heterocycles. The normalized spacial score (nSPS) is 10.9. The molecule has 0 saturated carbocycles. The number of aryl methyl sites for hydroxylation is 2. The molecular weight excluding hydrogens is 420 g/mol. The summed E-state index contributed by atoms with van der Waals surface area (Å²) in [5.41, 5.74) is 4.42. The molecule has 0 atom stereocenters. The Balaban J connectivity index is 1.39. The van der Waals surface area contributed by atoms with Crippen LogP contribution in [-0.4, -0.2) is 41.3 Å². The second kappa shape index (κ2) is 11.3. The third kappa shape index (κ3) is 7.16.